The zero-order chi connectivity index (χ0) is 31.6. The van der Waals surface area contributed by atoms with Gasteiger partial charge in [-0.3, -0.25) is 4.84 Å². The highest BCUT2D eigenvalue weighted by molar-refractivity contribution is 5.65. The Morgan fingerprint density at radius 3 is 1.72 bits per heavy atom. The Morgan fingerprint density at radius 1 is 0.814 bits per heavy atom. The number of rotatable bonds is 23. The van der Waals surface area contributed by atoms with E-state index in [2.05, 4.69) is 70.9 Å². The fourth-order valence-electron chi connectivity index (χ4n) is 7.40. The Labute approximate surface area is 266 Å². The molecule has 1 fully saturated rings. The maximum absolute atomic E-state index is 12.5. The zero-order valence-corrected chi connectivity index (χ0v) is 29.0. The van der Waals surface area contributed by atoms with Crippen LogP contribution in [0.2, 0.25) is 0 Å². The smallest absolute Gasteiger partial charge is 0.407 e. The van der Waals surface area contributed by atoms with Gasteiger partial charge in [-0.25, -0.2) is 4.79 Å². The highest BCUT2D eigenvalue weighted by Crippen LogP contribution is 2.46. The molecule has 1 N–H and O–H groups in total. The number of nitrogens with zero attached hydrogens (tertiary/aromatic N) is 2. The van der Waals surface area contributed by atoms with Gasteiger partial charge in [-0.15, -0.1) is 0 Å². The third kappa shape index (κ3) is 12.7. The summed E-state index contributed by atoms with van der Waals surface area (Å²) in [7, 11) is 0. The predicted octanol–water partition coefficient (Wildman–Crippen LogP) is 11.7. The second kappa shape index (κ2) is 20.4. The molecule has 43 heavy (non-hydrogen) atoms. The summed E-state index contributed by atoms with van der Waals surface area (Å²) < 4.78 is 0. The number of carboxylic acid groups (broad SMARTS) is 1. The summed E-state index contributed by atoms with van der Waals surface area (Å²) in [6.45, 7) is 14.0. The van der Waals surface area contributed by atoms with Crippen LogP contribution in [0.3, 0.4) is 0 Å². The molecule has 1 aromatic carbocycles. The van der Waals surface area contributed by atoms with Gasteiger partial charge in [0.05, 0.1) is 0 Å². The molecule has 0 bridgehead atoms. The van der Waals surface area contributed by atoms with Crippen molar-refractivity contribution in [3.63, 3.8) is 0 Å². The van der Waals surface area contributed by atoms with Crippen LogP contribution in [0.15, 0.2) is 30.3 Å². The van der Waals surface area contributed by atoms with Crippen LogP contribution in [0.4, 0.5) is 4.79 Å². The van der Waals surface area contributed by atoms with E-state index in [1.165, 1.54) is 89.9 Å². The van der Waals surface area contributed by atoms with Crippen molar-refractivity contribution >= 4 is 6.09 Å². The Bertz CT molecular complexity index is 854. The number of amides is 1. The van der Waals surface area contributed by atoms with Crippen molar-refractivity contribution in [2.45, 2.75) is 193 Å². The highest BCUT2D eigenvalue weighted by Gasteiger charge is 2.52. The largest absolute Gasteiger partial charge is 0.465 e. The van der Waals surface area contributed by atoms with Crippen LogP contribution >= 0.6 is 0 Å². The van der Waals surface area contributed by atoms with Gasteiger partial charge in [0, 0.05) is 23.7 Å². The predicted molar refractivity (Wildman–Crippen MR) is 182 cm³/mol. The summed E-state index contributed by atoms with van der Waals surface area (Å²) in [5.74, 6) is 0. The molecule has 0 aliphatic carbocycles. The van der Waals surface area contributed by atoms with E-state index in [0.29, 0.717) is 6.54 Å². The second-order valence-electron chi connectivity index (χ2n) is 14.0. The molecule has 0 spiro atoms. The van der Waals surface area contributed by atoms with E-state index in [-0.39, 0.29) is 23.2 Å². The van der Waals surface area contributed by atoms with Gasteiger partial charge in [-0.05, 0) is 58.4 Å². The molecular formula is C38H68N2O3. The van der Waals surface area contributed by atoms with Crippen molar-refractivity contribution in [2.24, 2.45) is 0 Å². The van der Waals surface area contributed by atoms with Crippen molar-refractivity contribution in [3.05, 3.63) is 35.9 Å². The SMILES string of the molecule is CCCCCCCCCCCCCCCCCCN(C(=O)O)C1CC(C)(C)N(OC(C)c2ccccc2)C(CC)(CC)C1. The highest BCUT2D eigenvalue weighted by atomic mass is 16.7. The first-order chi connectivity index (χ1) is 20.7. The van der Waals surface area contributed by atoms with Gasteiger partial charge >= 0.3 is 6.09 Å². The molecule has 5 heteroatoms. The summed E-state index contributed by atoms with van der Waals surface area (Å²) in [5, 5.41) is 12.5. The number of unbranched alkanes of at least 4 members (excludes halogenated alkanes) is 15. The molecule has 2 atom stereocenters. The van der Waals surface area contributed by atoms with Crippen molar-refractivity contribution in [2.75, 3.05) is 6.54 Å². The number of hydroxylamine groups is 2. The fourth-order valence-corrected chi connectivity index (χ4v) is 7.40. The van der Waals surface area contributed by atoms with Crippen LogP contribution in [0.1, 0.15) is 182 Å². The Kier molecular flexibility index (Phi) is 17.9. The molecule has 0 radical (unpaired) electrons. The number of piperidine rings is 1. The maximum atomic E-state index is 12.5. The standard InChI is InChI=1S/C38H68N2O3/c1-7-10-11-12-13-14-15-16-17-18-19-20-21-22-23-27-30-39(36(41)42)35-31-37(5,6)40(38(8-2,9-3)32-35)43-33(4)34-28-25-24-26-29-34/h24-26,28-29,33,35H,7-23,27,30-32H2,1-6H3,(H,41,42). The van der Waals surface area contributed by atoms with Gasteiger partial charge in [-0.1, -0.05) is 147 Å². The number of hydrogen-bond donors (Lipinski definition) is 1. The molecule has 1 aliphatic rings. The molecule has 1 amide bonds. The average Bonchev–Trinajstić information content (AvgIpc) is 2.99. The van der Waals surface area contributed by atoms with Crippen LogP contribution in [-0.2, 0) is 4.84 Å². The molecule has 2 rings (SSSR count). The summed E-state index contributed by atoms with van der Waals surface area (Å²) in [6, 6.07) is 10.4. The van der Waals surface area contributed by atoms with Gasteiger partial charge in [-0.2, -0.15) is 5.06 Å². The van der Waals surface area contributed by atoms with Crippen LogP contribution in [-0.4, -0.2) is 44.8 Å². The first-order valence-corrected chi connectivity index (χ1v) is 18.2. The van der Waals surface area contributed by atoms with E-state index in [0.717, 1.165) is 44.1 Å². The van der Waals surface area contributed by atoms with Crippen molar-refractivity contribution in [1.82, 2.24) is 9.96 Å². The molecular weight excluding hydrogens is 532 g/mol. The summed E-state index contributed by atoms with van der Waals surface area (Å²) in [6.07, 6.45) is 23.9. The summed E-state index contributed by atoms with van der Waals surface area (Å²) in [4.78, 5) is 21.0. The quantitative estimate of drug-likeness (QED) is 0.127. The number of carbonyl (C=O) groups is 1. The first kappa shape index (κ1) is 37.6. The van der Waals surface area contributed by atoms with Gasteiger partial charge in [0.25, 0.3) is 0 Å². The molecule has 0 saturated carbocycles. The van der Waals surface area contributed by atoms with E-state index in [1.54, 1.807) is 4.90 Å². The van der Waals surface area contributed by atoms with Crippen molar-refractivity contribution < 1.29 is 14.7 Å². The van der Waals surface area contributed by atoms with Gasteiger partial charge in [0.1, 0.15) is 6.10 Å². The topological polar surface area (TPSA) is 53.0 Å². The summed E-state index contributed by atoms with van der Waals surface area (Å²) in [5.41, 5.74) is 0.690. The Hall–Kier alpha value is -1.59. The molecule has 248 valence electrons. The molecule has 1 saturated heterocycles. The minimum absolute atomic E-state index is 0.00984. The maximum Gasteiger partial charge on any atom is 0.407 e. The van der Waals surface area contributed by atoms with Crippen LogP contribution in [0, 0.1) is 0 Å². The van der Waals surface area contributed by atoms with E-state index in [1.807, 2.05) is 6.07 Å². The monoisotopic (exact) mass is 601 g/mol. The lowest BCUT2D eigenvalue weighted by Gasteiger charge is -2.58. The van der Waals surface area contributed by atoms with Gasteiger partial charge in [0.2, 0.25) is 0 Å². The lowest BCUT2D eigenvalue weighted by Crippen LogP contribution is -2.66. The third-order valence-corrected chi connectivity index (χ3v) is 10.1. The fraction of sp³-hybridized carbons (Fsp3) is 0.816. The Morgan fingerprint density at radius 2 is 1.28 bits per heavy atom. The van der Waals surface area contributed by atoms with E-state index in [9.17, 15) is 9.90 Å². The lowest BCUT2D eigenvalue weighted by atomic mass is 9.73. The normalized spacial score (nSPS) is 18.9. The summed E-state index contributed by atoms with van der Waals surface area (Å²) >= 11 is 0. The van der Waals surface area contributed by atoms with Crippen LogP contribution in [0.5, 0.6) is 0 Å². The molecule has 2 unspecified atom stereocenters. The lowest BCUT2D eigenvalue weighted by molar-refractivity contribution is -0.319. The van der Waals surface area contributed by atoms with E-state index >= 15 is 0 Å². The first-order valence-electron chi connectivity index (χ1n) is 18.2. The van der Waals surface area contributed by atoms with Crippen LogP contribution < -0.4 is 0 Å². The minimum atomic E-state index is -0.769. The zero-order valence-electron chi connectivity index (χ0n) is 29.0. The average molecular weight is 601 g/mol. The Balaban J connectivity index is 1.75. The molecule has 5 nitrogen and oxygen atoms in total. The van der Waals surface area contributed by atoms with Crippen LogP contribution in [0.25, 0.3) is 0 Å². The van der Waals surface area contributed by atoms with Crippen molar-refractivity contribution in [3.8, 4) is 0 Å². The molecule has 1 aromatic rings. The molecule has 1 aliphatic heterocycles. The van der Waals surface area contributed by atoms with Gasteiger partial charge < -0.3 is 10.0 Å². The third-order valence-electron chi connectivity index (χ3n) is 10.1. The molecule has 0 aromatic heterocycles. The number of hydrogen-bond acceptors (Lipinski definition) is 3. The van der Waals surface area contributed by atoms with E-state index < -0.39 is 6.09 Å². The second-order valence-corrected chi connectivity index (χ2v) is 14.0. The molecule has 1 heterocycles. The minimum Gasteiger partial charge on any atom is -0.465 e. The number of benzene rings is 1. The van der Waals surface area contributed by atoms with E-state index in [4.69, 9.17) is 4.84 Å². The van der Waals surface area contributed by atoms with Crippen molar-refractivity contribution in [1.29, 1.82) is 0 Å². The van der Waals surface area contributed by atoms with Gasteiger partial charge in [0.15, 0.2) is 0 Å².